The predicted octanol–water partition coefficient (Wildman–Crippen LogP) is 2.92. The first-order chi connectivity index (χ1) is 13.2. The molecule has 6 heteroatoms. The smallest absolute Gasteiger partial charge is 0.234 e. The summed E-state index contributed by atoms with van der Waals surface area (Å²) in [6.07, 6.45) is 7.31. The van der Waals surface area contributed by atoms with E-state index in [0.717, 1.165) is 42.9 Å². The van der Waals surface area contributed by atoms with E-state index < -0.39 is 0 Å². The lowest BCUT2D eigenvalue weighted by molar-refractivity contribution is -0.142. The number of para-hydroxylation sites is 2. The molecule has 0 unspecified atom stereocenters. The number of likely N-dealkylation sites (tertiary alicyclic amines) is 2. The van der Waals surface area contributed by atoms with Crippen LogP contribution in [0, 0.1) is 11.8 Å². The van der Waals surface area contributed by atoms with Crippen LogP contribution >= 0.6 is 0 Å². The Morgan fingerprint density at radius 2 is 1.67 bits per heavy atom. The number of nitrogens with zero attached hydrogens (tertiary/aromatic N) is 3. The van der Waals surface area contributed by atoms with Crippen molar-refractivity contribution in [2.75, 3.05) is 19.8 Å². The highest BCUT2D eigenvalue weighted by Crippen LogP contribution is 2.36. The molecular formula is C21H23N3O3. The van der Waals surface area contributed by atoms with Gasteiger partial charge < -0.3 is 4.42 Å². The molecule has 1 aromatic heterocycles. The number of imide groups is 1. The number of carbonyl (C=O) groups is 2. The number of allylic oxidation sites excluding steroid dienone is 2. The fourth-order valence-electron chi connectivity index (χ4n) is 4.59. The number of amides is 2. The van der Waals surface area contributed by atoms with E-state index in [4.69, 9.17) is 4.42 Å². The van der Waals surface area contributed by atoms with E-state index in [1.165, 1.54) is 4.90 Å². The Balaban J connectivity index is 1.22. The minimum absolute atomic E-state index is 0.00965. The molecule has 0 N–H and O–H groups in total. The molecule has 140 valence electrons. The van der Waals surface area contributed by atoms with Crippen LogP contribution in [0.1, 0.15) is 37.5 Å². The highest BCUT2D eigenvalue weighted by Gasteiger charge is 2.47. The molecule has 0 saturated carbocycles. The standard InChI is InChI=1S/C21H23N3O3/c25-20-15-5-1-2-6-16(15)21(26)24(20)13-23-11-9-14(10-12-23)19-22-17-7-3-4-8-18(17)27-19/h1-4,7-8,14-16H,5-6,9-13H2/t15-,16-/m0/s1. The van der Waals surface area contributed by atoms with Crippen molar-refractivity contribution in [1.29, 1.82) is 0 Å². The number of hydrogen-bond donors (Lipinski definition) is 0. The van der Waals surface area contributed by atoms with E-state index in [2.05, 4.69) is 9.88 Å². The van der Waals surface area contributed by atoms with Crippen LogP contribution in [0.5, 0.6) is 0 Å². The summed E-state index contributed by atoms with van der Waals surface area (Å²) in [5.74, 6) is 0.845. The second kappa shape index (κ2) is 6.60. The molecule has 2 fully saturated rings. The number of fused-ring (bicyclic) bond motifs is 2. The average Bonchev–Trinajstić information content (AvgIpc) is 3.24. The van der Waals surface area contributed by atoms with Crippen LogP contribution in [0.4, 0.5) is 0 Å². The zero-order valence-electron chi connectivity index (χ0n) is 15.2. The van der Waals surface area contributed by atoms with Gasteiger partial charge in [-0.3, -0.25) is 19.4 Å². The molecule has 2 aliphatic heterocycles. The Bertz CT molecular complexity index is 851. The van der Waals surface area contributed by atoms with E-state index in [0.29, 0.717) is 25.4 Å². The number of oxazole rings is 1. The average molecular weight is 365 g/mol. The lowest BCUT2D eigenvalue weighted by Gasteiger charge is -2.32. The summed E-state index contributed by atoms with van der Waals surface area (Å²) in [5, 5.41) is 0. The summed E-state index contributed by atoms with van der Waals surface area (Å²) in [5.41, 5.74) is 1.74. The van der Waals surface area contributed by atoms with Crippen molar-refractivity contribution >= 4 is 22.9 Å². The number of rotatable bonds is 3. The highest BCUT2D eigenvalue weighted by atomic mass is 16.3. The lowest BCUT2D eigenvalue weighted by atomic mass is 9.85. The summed E-state index contributed by atoms with van der Waals surface area (Å²) in [7, 11) is 0. The van der Waals surface area contributed by atoms with Gasteiger partial charge in [0.15, 0.2) is 11.5 Å². The second-order valence-electron chi connectivity index (χ2n) is 7.81. The summed E-state index contributed by atoms with van der Waals surface area (Å²) >= 11 is 0. The fourth-order valence-corrected chi connectivity index (χ4v) is 4.59. The third kappa shape index (κ3) is 2.88. The van der Waals surface area contributed by atoms with Crippen molar-refractivity contribution in [2.45, 2.75) is 31.6 Å². The molecule has 6 nitrogen and oxygen atoms in total. The molecule has 0 radical (unpaired) electrons. The molecule has 0 spiro atoms. The van der Waals surface area contributed by atoms with Gasteiger partial charge in [0.1, 0.15) is 5.52 Å². The number of aromatic nitrogens is 1. The van der Waals surface area contributed by atoms with Crippen molar-refractivity contribution in [1.82, 2.24) is 14.8 Å². The Labute approximate surface area is 157 Å². The summed E-state index contributed by atoms with van der Waals surface area (Å²) in [6, 6.07) is 7.84. The van der Waals surface area contributed by atoms with Gasteiger partial charge in [0.25, 0.3) is 0 Å². The molecule has 0 bridgehead atoms. The fraction of sp³-hybridized carbons (Fsp3) is 0.476. The van der Waals surface area contributed by atoms with Gasteiger partial charge in [-0.15, -0.1) is 0 Å². The summed E-state index contributed by atoms with van der Waals surface area (Å²) in [6.45, 7) is 2.10. The Morgan fingerprint density at radius 3 is 2.33 bits per heavy atom. The maximum atomic E-state index is 12.6. The van der Waals surface area contributed by atoms with Crippen LogP contribution < -0.4 is 0 Å². The van der Waals surface area contributed by atoms with Crippen molar-refractivity contribution < 1.29 is 14.0 Å². The van der Waals surface area contributed by atoms with Gasteiger partial charge in [0.2, 0.25) is 11.8 Å². The molecule has 1 aromatic carbocycles. The van der Waals surface area contributed by atoms with E-state index in [1.807, 2.05) is 36.4 Å². The summed E-state index contributed by atoms with van der Waals surface area (Å²) < 4.78 is 5.92. The van der Waals surface area contributed by atoms with Gasteiger partial charge in [0.05, 0.1) is 18.5 Å². The van der Waals surface area contributed by atoms with Crippen LogP contribution in [-0.2, 0) is 9.59 Å². The van der Waals surface area contributed by atoms with Gasteiger partial charge in [-0.2, -0.15) is 0 Å². The number of piperidine rings is 1. The molecule has 2 atom stereocenters. The first-order valence-electron chi connectivity index (χ1n) is 9.79. The monoisotopic (exact) mass is 365 g/mol. The maximum absolute atomic E-state index is 12.6. The lowest BCUT2D eigenvalue weighted by Crippen LogP contribution is -2.44. The number of carbonyl (C=O) groups excluding carboxylic acids is 2. The summed E-state index contributed by atoms with van der Waals surface area (Å²) in [4.78, 5) is 33.6. The van der Waals surface area contributed by atoms with Crippen molar-refractivity contribution in [3.8, 4) is 0 Å². The Hall–Kier alpha value is -2.47. The van der Waals surface area contributed by atoms with Crippen molar-refractivity contribution in [3.63, 3.8) is 0 Å². The van der Waals surface area contributed by atoms with E-state index in [1.54, 1.807) is 0 Å². The minimum atomic E-state index is -0.139. The van der Waals surface area contributed by atoms with E-state index >= 15 is 0 Å². The molecule has 5 rings (SSSR count). The first kappa shape index (κ1) is 16.7. The van der Waals surface area contributed by atoms with Crippen LogP contribution in [-0.4, -0.2) is 46.4 Å². The molecule has 1 aliphatic carbocycles. The highest BCUT2D eigenvalue weighted by molar-refractivity contribution is 6.05. The first-order valence-corrected chi connectivity index (χ1v) is 9.79. The van der Waals surface area contributed by atoms with Crippen molar-refractivity contribution in [3.05, 3.63) is 42.3 Å². The molecule has 27 heavy (non-hydrogen) atoms. The molecule has 2 aromatic rings. The second-order valence-corrected chi connectivity index (χ2v) is 7.81. The van der Waals surface area contributed by atoms with Gasteiger partial charge in [0, 0.05) is 19.0 Å². The predicted molar refractivity (Wildman–Crippen MR) is 99.6 cm³/mol. The van der Waals surface area contributed by atoms with Gasteiger partial charge in [-0.05, 0) is 37.8 Å². The van der Waals surface area contributed by atoms with E-state index in [9.17, 15) is 9.59 Å². The molecule has 2 saturated heterocycles. The zero-order valence-corrected chi connectivity index (χ0v) is 15.2. The zero-order chi connectivity index (χ0) is 18.4. The molecule has 2 amide bonds. The molecule has 3 heterocycles. The van der Waals surface area contributed by atoms with E-state index in [-0.39, 0.29) is 23.7 Å². The Kier molecular flexibility index (Phi) is 4.08. The van der Waals surface area contributed by atoms with Crippen LogP contribution in [0.25, 0.3) is 11.1 Å². The van der Waals surface area contributed by atoms with Gasteiger partial charge >= 0.3 is 0 Å². The van der Waals surface area contributed by atoms with Gasteiger partial charge in [-0.25, -0.2) is 4.98 Å². The third-order valence-electron chi connectivity index (χ3n) is 6.19. The van der Waals surface area contributed by atoms with Crippen LogP contribution in [0.15, 0.2) is 40.8 Å². The quantitative estimate of drug-likeness (QED) is 0.618. The number of hydrogen-bond acceptors (Lipinski definition) is 5. The third-order valence-corrected chi connectivity index (χ3v) is 6.19. The van der Waals surface area contributed by atoms with Crippen molar-refractivity contribution in [2.24, 2.45) is 11.8 Å². The normalized spacial score (nSPS) is 26.9. The minimum Gasteiger partial charge on any atom is -0.440 e. The van der Waals surface area contributed by atoms with Crippen LogP contribution in [0.2, 0.25) is 0 Å². The van der Waals surface area contributed by atoms with Crippen LogP contribution in [0.3, 0.4) is 0 Å². The molecular weight excluding hydrogens is 342 g/mol. The Morgan fingerprint density at radius 1 is 1.00 bits per heavy atom. The topological polar surface area (TPSA) is 66.7 Å². The molecule has 3 aliphatic rings. The van der Waals surface area contributed by atoms with Gasteiger partial charge in [-0.1, -0.05) is 24.3 Å². The SMILES string of the molecule is O=C1[C@H]2CC=CC[C@@H]2C(=O)N1CN1CCC(c2nc3ccccc3o2)CC1. The largest absolute Gasteiger partial charge is 0.440 e. The maximum Gasteiger partial charge on any atom is 0.234 e. The number of benzene rings is 1.